The quantitative estimate of drug-likeness (QED) is 0.882. The van der Waals surface area contributed by atoms with Crippen LogP contribution in [0, 0.1) is 0 Å². The zero-order chi connectivity index (χ0) is 18.4. The highest BCUT2D eigenvalue weighted by Crippen LogP contribution is 2.22. The van der Waals surface area contributed by atoms with Gasteiger partial charge in [-0.3, -0.25) is 4.79 Å². The van der Waals surface area contributed by atoms with Crippen molar-refractivity contribution in [2.24, 2.45) is 0 Å². The Morgan fingerprint density at radius 1 is 1.24 bits per heavy atom. The molecule has 0 saturated carbocycles. The van der Waals surface area contributed by atoms with E-state index in [0.29, 0.717) is 10.9 Å². The van der Waals surface area contributed by atoms with Gasteiger partial charge in [-0.25, -0.2) is 0 Å². The number of carbonyl (C=O) groups is 1. The fourth-order valence-electron chi connectivity index (χ4n) is 2.05. The highest BCUT2D eigenvalue weighted by Gasteiger charge is 2.26. The fraction of sp³-hybridized carbons (Fsp3) is 0.400. The largest absolute Gasteiger partial charge is 0.403 e. The van der Waals surface area contributed by atoms with Crippen molar-refractivity contribution in [2.75, 3.05) is 18.4 Å². The van der Waals surface area contributed by atoms with Crippen LogP contribution in [0.5, 0.6) is 0 Å². The summed E-state index contributed by atoms with van der Waals surface area (Å²) < 4.78 is 34.5. The minimum absolute atomic E-state index is 0.0486. The van der Waals surface area contributed by atoms with Gasteiger partial charge in [0, 0.05) is 23.7 Å². The number of carbonyl (C=O) groups excluding carboxylic acids is 1. The fourth-order valence-corrected chi connectivity index (χ4v) is 2.17. The number of amides is 1. The summed E-state index contributed by atoms with van der Waals surface area (Å²) >= 11 is 5.84. The molecule has 1 N–H and O–H groups in total. The molecule has 2 heterocycles. The number of likely N-dealkylation sites (tertiary alicyclic amines) is 1. The van der Waals surface area contributed by atoms with Crippen molar-refractivity contribution in [1.29, 1.82) is 0 Å². The molecule has 25 heavy (non-hydrogen) atoms. The summed E-state index contributed by atoms with van der Waals surface area (Å²) in [6, 6.07) is 6.96. The van der Waals surface area contributed by atoms with Gasteiger partial charge in [0.05, 0.1) is 0 Å². The van der Waals surface area contributed by atoms with Crippen LogP contribution in [0.2, 0.25) is 5.02 Å². The van der Waals surface area contributed by atoms with E-state index in [4.69, 9.17) is 16.0 Å². The van der Waals surface area contributed by atoms with Crippen molar-refractivity contribution >= 4 is 23.5 Å². The normalized spacial score (nSPS) is 14.4. The molecule has 0 bridgehead atoms. The molecule has 0 spiro atoms. The lowest BCUT2D eigenvalue weighted by Crippen LogP contribution is -2.48. The summed E-state index contributed by atoms with van der Waals surface area (Å²) in [5.74, 6) is 0.435. The van der Waals surface area contributed by atoms with Gasteiger partial charge < -0.3 is 14.6 Å². The topological polar surface area (TPSA) is 71.3 Å². The first-order valence-corrected chi connectivity index (χ1v) is 7.81. The van der Waals surface area contributed by atoms with Crippen molar-refractivity contribution in [3.63, 3.8) is 0 Å². The van der Waals surface area contributed by atoms with Crippen molar-refractivity contribution in [1.82, 2.24) is 15.1 Å². The maximum absolute atomic E-state index is 12.0. The third-order valence-corrected chi connectivity index (χ3v) is 3.65. The predicted molar refractivity (Wildman–Crippen MR) is 86.1 cm³/mol. The van der Waals surface area contributed by atoms with Gasteiger partial charge in [-0.05, 0) is 37.6 Å². The standard InChI is InChI=1S/C14H15ClN4O2.CHF3/c1-9(13(20)19-7-2-8-19)16-14-18-17-12(21-14)10-3-5-11(15)6-4-10;2-1(3)4/h3-6,9H,2,7-8H2,1H3,(H,16,18);1H/t9-;/m1./s1. The smallest absolute Gasteiger partial charge is 0.379 e. The van der Waals surface area contributed by atoms with Crippen LogP contribution in [-0.2, 0) is 4.79 Å². The first kappa shape index (κ1) is 19.0. The Labute approximate surface area is 147 Å². The van der Waals surface area contributed by atoms with E-state index in [9.17, 15) is 18.0 Å². The monoisotopic (exact) mass is 376 g/mol. The third-order valence-electron chi connectivity index (χ3n) is 3.39. The number of benzene rings is 1. The maximum Gasteiger partial charge on any atom is 0.379 e. The minimum atomic E-state index is -3.67. The van der Waals surface area contributed by atoms with Gasteiger partial charge in [-0.2, -0.15) is 13.2 Å². The highest BCUT2D eigenvalue weighted by molar-refractivity contribution is 6.30. The second-order valence-corrected chi connectivity index (χ2v) is 5.65. The molecule has 0 unspecified atom stereocenters. The molecule has 0 aliphatic carbocycles. The molecule has 2 aromatic rings. The molecule has 1 fully saturated rings. The van der Waals surface area contributed by atoms with Crippen LogP contribution in [0.25, 0.3) is 11.5 Å². The average Bonchev–Trinajstić information content (AvgIpc) is 2.94. The molecule has 3 rings (SSSR count). The second-order valence-electron chi connectivity index (χ2n) is 5.21. The highest BCUT2D eigenvalue weighted by atomic mass is 35.5. The van der Waals surface area contributed by atoms with E-state index in [2.05, 4.69) is 15.5 Å². The van der Waals surface area contributed by atoms with Gasteiger partial charge in [0.2, 0.25) is 11.8 Å². The van der Waals surface area contributed by atoms with Crippen molar-refractivity contribution < 1.29 is 22.4 Å². The Hall–Kier alpha value is -2.29. The van der Waals surface area contributed by atoms with Crippen LogP contribution >= 0.6 is 11.6 Å². The van der Waals surface area contributed by atoms with E-state index >= 15 is 0 Å². The minimum Gasteiger partial charge on any atom is -0.403 e. The molecule has 1 amide bonds. The van der Waals surface area contributed by atoms with E-state index in [0.717, 1.165) is 25.1 Å². The zero-order valence-corrected chi connectivity index (χ0v) is 14.0. The number of hydrogen-bond acceptors (Lipinski definition) is 5. The van der Waals surface area contributed by atoms with Crippen LogP contribution in [0.1, 0.15) is 13.3 Å². The maximum atomic E-state index is 12.0. The van der Waals surface area contributed by atoms with Crippen LogP contribution in [0.15, 0.2) is 28.7 Å². The molecule has 1 saturated heterocycles. The summed E-state index contributed by atoms with van der Waals surface area (Å²) in [7, 11) is 0. The Balaban J connectivity index is 0.000000511. The molecule has 136 valence electrons. The van der Waals surface area contributed by atoms with E-state index in [1.807, 2.05) is 0 Å². The van der Waals surface area contributed by atoms with Crippen LogP contribution < -0.4 is 5.32 Å². The number of rotatable bonds is 4. The molecule has 6 nitrogen and oxygen atoms in total. The van der Waals surface area contributed by atoms with Crippen LogP contribution in [-0.4, -0.2) is 46.8 Å². The molecule has 1 aliphatic rings. The lowest BCUT2D eigenvalue weighted by molar-refractivity contribution is -0.135. The zero-order valence-electron chi connectivity index (χ0n) is 13.3. The van der Waals surface area contributed by atoms with Gasteiger partial charge in [0.1, 0.15) is 6.04 Å². The molecule has 1 aromatic carbocycles. The van der Waals surface area contributed by atoms with E-state index in [-0.39, 0.29) is 18.0 Å². The van der Waals surface area contributed by atoms with E-state index < -0.39 is 6.68 Å². The molecule has 10 heteroatoms. The van der Waals surface area contributed by atoms with Crippen molar-refractivity contribution in [3.8, 4) is 11.5 Å². The van der Waals surface area contributed by atoms with Gasteiger partial charge in [-0.15, -0.1) is 5.10 Å². The summed E-state index contributed by atoms with van der Waals surface area (Å²) in [5.41, 5.74) is 0.779. The Morgan fingerprint density at radius 2 is 1.84 bits per heavy atom. The summed E-state index contributed by atoms with van der Waals surface area (Å²) in [6.45, 7) is -0.234. The first-order chi connectivity index (χ1) is 11.9. The molecule has 1 atom stereocenters. The van der Waals surface area contributed by atoms with E-state index in [1.165, 1.54) is 0 Å². The summed E-state index contributed by atoms with van der Waals surface area (Å²) in [4.78, 5) is 13.8. The predicted octanol–water partition coefficient (Wildman–Crippen LogP) is 3.60. The summed E-state index contributed by atoms with van der Waals surface area (Å²) in [5, 5.41) is 11.4. The van der Waals surface area contributed by atoms with Crippen molar-refractivity contribution in [2.45, 2.75) is 26.1 Å². The van der Waals surface area contributed by atoms with Gasteiger partial charge >= 0.3 is 12.7 Å². The lowest BCUT2D eigenvalue weighted by Gasteiger charge is -2.33. The number of halogens is 4. The van der Waals surface area contributed by atoms with Crippen LogP contribution in [0.3, 0.4) is 0 Å². The van der Waals surface area contributed by atoms with Gasteiger partial charge in [0.15, 0.2) is 0 Å². The third kappa shape index (κ3) is 5.63. The number of alkyl halides is 3. The number of nitrogens with zero attached hydrogens (tertiary/aromatic N) is 3. The molecule has 1 aliphatic heterocycles. The number of aromatic nitrogens is 2. The SMILES string of the molecule is C[C@@H](Nc1nnc(-c2ccc(Cl)cc2)o1)C(=O)N1CCC1.FC(F)F. The van der Waals surface area contributed by atoms with Gasteiger partial charge in [0.25, 0.3) is 0 Å². The van der Waals surface area contributed by atoms with Crippen LogP contribution in [0.4, 0.5) is 19.2 Å². The second kappa shape index (κ2) is 8.70. The Bertz CT molecular complexity index is 690. The number of anilines is 1. The number of nitrogens with one attached hydrogen (secondary N) is 1. The Morgan fingerprint density at radius 3 is 2.36 bits per heavy atom. The molecule has 1 aromatic heterocycles. The van der Waals surface area contributed by atoms with E-state index in [1.54, 1.807) is 36.1 Å². The first-order valence-electron chi connectivity index (χ1n) is 7.44. The average molecular weight is 377 g/mol. The molecular weight excluding hydrogens is 361 g/mol. The Kier molecular flexibility index (Phi) is 6.63. The summed E-state index contributed by atoms with van der Waals surface area (Å²) in [6.07, 6.45) is 1.07. The van der Waals surface area contributed by atoms with Gasteiger partial charge in [-0.1, -0.05) is 16.7 Å². The van der Waals surface area contributed by atoms with Crippen molar-refractivity contribution in [3.05, 3.63) is 29.3 Å². The molecule has 0 radical (unpaired) electrons. The molecular formula is C15H16ClF3N4O2. The lowest BCUT2D eigenvalue weighted by atomic mass is 10.2. The number of hydrogen-bond donors (Lipinski definition) is 1.